The van der Waals surface area contributed by atoms with Crippen molar-refractivity contribution in [1.82, 2.24) is 15.7 Å². The van der Waals surface area contributed by atoms with Crippen LogP contribution in [0.25, 0.3) is 0 Å². The van der Waals surface area contributed by atoms with Crippen molar-refractivity contribution >= 4 is 29.3 Å². The van der Waals surface area contributed by atoms with Gasteiger partial charge in [0, 0.05) is 9.75 Å². The molecule has 0 aliphatic heterocycles. The van der Waals surface area contributed by atoms with Gasteiger partial charge in [-0.2, -0.15) is 5.10 Å². The second-order valence-electron chi connectivity index (χ2n) is 4.86. The van der Waals surface area contributed by atoms with E-state index in [0.29, 0.717) is 0 Å². The first-order chi connectivity index (χ1) is 10.2. The van der Waals surface area contributed by atoms with Gasteiger partial charge >= 0.3 is 0 Å². The number of amides is 1. The van der Waals surface area contributed by atoms with E-state index in [0.717, 1.165) is 17.7 Å². The zero-order valence-corrected chi connectivity index (χ0v) is 12.2. The van der Waals surface area contributed by atoms with Gasteiger partial charge in [0.15, 0.2) is 0 Å². The lowest BCUT2D eigenvalue weighted by molar-refractivity contribution is 0.0946. The summed E-state index contributed by atoms with van der Waals surface area (Å²) in [7, 11) is 0. The van der Waals surface area contributed by atoms with Gasteiger partial charge in [-0.1, -0.05) is 6.42 Å². The molecule has 21 heavy (non-hydrogen) atoms. The minimum absolute atomic E-state index is 0.0504. The number of nitrogen functional groups attached to an aromatic ring is 1. The van der Waals surface area contributed by atoms with Gasteiger partial charge in [-0.15, -0.1) is 11.3 Å². The number of carbonyl (C=O) groups is 1. The second-order valence-corrected chi connectivity index (χ2v) is 6.02. The number of nitrogens with zero attached hydrogens (tertiary/aromatic N) is 3. The van der Waals surface area contributed by atoms with E-state index in [9.17, 15) is 4.79 Å². The number of nitrogens with one attached hydrogen (secondary N) is 1. The molecule has 2 heterocycles. The van der Waals surface area contributed by atoms with E-state index in [-0.39, 0.29) is 11.5 Å². The Kier molecular flexibility index (Phi) is 3.96. The fraction of sp³-hybridized carbons (Fsp3) is 0.385. The minimum Gasteiger partial charge on any atom is -0.379 e. The summed E-state index contributed by atoms with van der Waals surface area (Å²) in [6.07, 6.45) is 7.71. The molecule has 0 unspecified atom stereocenters. The first-order valence-corrected chi connectivity index (χ1v) is 7.58. The third-order valence-corrected chi connectivity index (χ3v) is 4.52. The van der Waals surface area contributed by atoms with Gasteiger partial charge in [0.25, 0.3) is 5.91 Å². The average molecular weight is 305 g/mol. The third kappa shape index (κ3) is 3.10. The van der Waals surface area contributed by atoms with Crippen LogP contribution in [0, 0.1) is 0 Å². The highest BCUT2D eigenvalue weighted by molar-refractivity contribution is 7.13. The molecule has 3 N–H and O–H groups in total. The van der Waals surface area contributed by atoms with E-state index in [2.05, 4.69) is 31.5 Å². The highest BCUT2D eigenvalue weighted by atomic mass is 32.1. The van der Waals surface area contributed by atoms with Crippen LogP contribution in [0.4, 0.5) is 5.82 Å². The zero-order valence-electron chi connectivity index (χ0n) is 11.3. The van der Waals surface area contributed by atoms with Crippen LogP contribution in [0.2, 0.25) is 0 Å². The van der Waals surface area contributed by atoms with Crippen molar-refractivity contribution in [3.8, 4) is 0 Å². The lowest BCUT2D eigenvalue weighted by atomic mass is 10.1. The number of aromatic nitrogens is 2. The van der Waals surface area contributed by atoms with Crippen LogP contribution < -0.4 is 11.2 Å². The fourth-order valence-electron chi connectivity index (χ4n) is 2.31. The molecule has 3 rings (SSSR count). The Hall–Kier alpha value is -2.22. The average Bonchev–Trinajstić information content (AvgIpc) is 3.00. The van der Waals surface area contributed by atoms with Gasteiger partial charge in [0.05, 0.1) is 6.21 Å². The Balaban J connectivity index is 1.64. The first kappa shape index (κ1) is 13.7. The molecule has 1 aliphatic rings. The summed E-state index contributed by atoms with van der Waals surface area (Å²) in [5, 5.41) is 10.7. The molecule has 0 radical (unpaired) electrons. The maximum atomic E-state index is 11.7. The van der Waals surface area contributed by atoms with Crippen molar-refractivity contribution in [2.75, 3.05) is 5.73 Å². The predicted molar refractivity (Wildman–Crippen MR) is 79.3 cm³/mol. The second kappa shape index (κ2) is 6.04. The molecule has 1 aliphatic carbocycles. The Morgan fingerprint density at radius 3 is 3.05 bits per heavy atom. The largest absolute Gasteiger partial charge is 0.379 e. The Morgan fingerprint density at radius 1 is 1.38 bits per heavy atom. The Morgan fingerprint density at radius 2 is 2.24 bits per heavy atom. The number of hydrogen-bond acceptors (Lipinski definition) is 7. The number of carbonyl (C=O) groups excluding carboxylic acids is 1. The smallest absolute Gasteiger partial charge is 0.297 e. The number of hydrazone groups is 1. The Labute approximate surface area is 125 Å². The van der Waals surface area contributed by atoms with Crippen molar-refractivity contribution in [3.05, 3.63) is 27.1 Å². The van der Waals surface area contributed by atoms with Gasteiger partial charge in [-0.3, -0.25) is 4.79 Å². The molecule has 0 spiro atoms. The molecule has 0 aromatic carbocycles. The lowest BCUT2D eigenvalue weighted by Gasteiger charge is -1.94. The van der Waals surface area contributed by atoms with Crippen LogP contribution in [-0.2, 0) is 12.8 Å². The number of anilines is 1. The van der Waals surface area contributed by atoms with E-state index >= 15 is 0 Å². The summed E-state index contributed by atoms with van der Waals surface area (Å²) in [6.45, 7) is 0. The molecule has 0 fully saturated rings. The van der Waals surface area contributed by atoms with Crippen molar-refractivity contribution in [2.45, 2.75) is 32.1 Å². The van der Waals surface area contributed by atoms with Gasteiger partial charge in [-0.25, -0.2) is 10.1 Å². The van der Waals surface area contributed by atoms with Gasteiger partial charge in [-0.05, 0) is 47.6 Å². The SMILES string of the molecule is Nc1nonc1C(=O)N/N=C/c1cc2c(s1)CCCCC2. The molecule has 8 heteroatoms. The van der Waals surface area contributed by atoms with Crippen LogP contribution >= 0.6 is 11.3 Å². The van der Waals surface area contributed by atoms with Gasteiger partial charge < -0.3 is 5.73 Å². The summed E-state index contributed by atoms with van der Waals surface area (Å²) < 4.78 is 4.36. The maximum absolute atomic E-state index is 11.7. The number of aryl methyl sites for hydroxylation is 2. The van der Waals surface area contributed by atoms with Crippen molar-refractivity contribution in [2.24, 2.45) is 5.10 Å². The zero-order chi connectivity index (χ0) is 14.7. The van der Waals surface area contributed by atoms with E-state index in [4.69, 9.17) is 5.73 Å². The standard InChI is InChI=1S/C13H15N5O2S/c14-12-11(17-20-18-12)13(19)16-15-7-9-6-8-4-2-1-3-5-10(8)21-9/h6-7H,1-5H2,(H2,14,18)(H,16,19)/b15-7+. The normalized spacial score (nSPS) is 14.9. The number of thiophene rings is 1. The molecule has 0 saturated carbocycles. The van der Waals surface area contributed by atoms with Gasteiger partial charge in [0.2, 0.25) is 11.5 Å². The molecule has 7 nitrogen and oxygen atoms in total. The topological polar surface area (TPSA) is 106 Å². The number of rotatable bonds is 3. The number of fused-ring (bicyclic) bond motifs is 1. The molecule has 0 saturated heterocycles. The number of hydrogen-bond donors (Lipinski definition) is 2. The third-order valence-electron chi connectivity index (χ3n) is 3.35. The highest BCUT2D eigenvalue weighted by Crippen LogP contribution is 2.27. The number of nitrogens with two attached hydrogens (primary N) is 1. The summed E-state index contributed by atoms with van der Waals surface area (Å²) in [4.78, 5) is 14.2. The van der Waals surface area contributed by atoms with Crippen LogP contribution in [0.3, 0.4) is 0 Å². The van der Waals surface area contributed by atoms with E-state index in [1.807, 2.05) is 0 Å². The van der Waals surface area contributed by atoms with Crippen LogP contribution in [0.1, 0.15) is 45.1 Å². The monoisotopic (exact) mass is 305 g/mol. The first-order valence-electron chi connectivity index (χ1n) is 6.77. The quantitative estimate of drug-likeness (QED) is 0.510. The minimum atomic E-state index is -0.539. The summed E-state index contributed by atoms with van der Waals surface area (Å²) in [6, 6.07) is 2.15. The summed E-state index contributed by atoms with van der Waals surface area (Å²) >= 11 is 1.73. The summed E-state index contributed by atoms with van der Waals surface area (Å²) in [5.74, 6) is -0.589. The summed E-state index contributed by atoms with van der Waals surface area (Å²) in [5.41, 5.74) is 9.14. The molecule has 110 valence electrons. The fourth-order valence-corrected chi connectivity index (χ4v) is 3.44. The van der Waals surface area contributed by atoms with Crippen molar-refractivity contribution in [1.29, 1.82) is 0 Å². The Bertz CT molecular complexity index is 652. The van der Waals surface area contributed by atoms with E-state index < -0.39 is 5.91 Å². The van der Waals surface area contributed by atoms with E-state index in [1.165, 1.54) is 29.7 Å². The molecule has 2 aromatic rings. The molecule has 0 atom stereocenters. The van der Waals surface area contributed by atoms with Crippen LogP contribution in [0.5, 0.6) is 0 Å². The van der Waals surface area contributed by atoms with Gasteiger partial charge in [0.1, 0.15) is 0 Å². The van der Waals surface area contributed by atoms with Crippen molar-refractivity contribution in [3.63, 3.8) is 0 Å². The predicted octanol–water partition coefficient (Wildman–Crippen LogP) is 1.75. The molecule has 0 bridgehead atoms. The molecule has 1 amide bonds. The maximum Gasteiger partial charge on any atom is 0.297 e. The molecule has 2 aromatic heterocycles. The van der Waals surface area contributed by atoms with Crippen LogP contribution in [0.15, 0.2) is 15.8 Å². The lowest BCUT2D eigenvalue weighted by Crippen LogP contribution is -2.19. The molecular weight excluding hydrogens is 290 g/mol. The van der Waals surface area contributed by atoms with Crippen LogP contribution in [-0.4, -0.2) is 22.4 Å². The van der Waals surface area contributed by atoms with Crippen molar-refractivity contribution < 1.29 is 9.42 Å². The highest BCUT2D eigenvalue weighted by Gasteiger charge is 2.15. The molecular formula is C13H15N5O2S. The van der Waals surface area contributed by atoms with E-state index in [1.54, 1.807) is 17.6 Å².